The minimum Gasteiger partial charge on any atom is -0.310 e. The third-order valence-corrected chi connectivity index (χ3v) is 4.95. The molecule has 0 aliphatic rings. The van der Waals surface area contributed by atoms with Gasteiger partial charge in [-0.15, -0.1) is 0 Å². The van der Waals surface area contributed by atoms with Crippen LogP contribution in [0.3, 0.4) is 0 Å². The van der Waals surface area contributed by atoms with Gasteiger partial charge in [-0.2, -0.15) is 11.3 Å². The smallest absolute Gasteiger partial charge is 0.124 e. The molecule has 20 heavy (non-hydrogen) atoms. The Hall–Kier alpha value is -0.460. The monoisotopic (exact) mass is 403 g/mol. The molecular weight excluding hydrogens is 384 g/mol. The first kappa shape index (κ1) is 15.9. The number of hydrogen-bond acceptors (Lipinski definition) is 2. The van der Waals surface area contributed by atoms with Crippen molar-refractivity contribution in [1.29, 1.82) is 0 Å². The van der Waals surface area contributed by atoms with E-state index < -0.39 is 0 Å². The summed E-state index contributed by atoms with van der Waals surface area (Å²) in [6.07, 6.45) is 3.20. The van der Waals surface area contributed by atoms with Gasteiger partial charge in [0.25, 0.3) is 0 Å². The summed E-state index contributed by atoms with van der Waals surface area (Å²) in [4.78, 5) is 0. The van der Waals surface area contributed by atoms with Crippen molar-refractivity contribution in [3.8, 4) is 0 Å². The zero-order valence-corrected chi connectivity index (χ0v) is 14.5. The second-order valence-electron chi connectivity index (χ2n) is 4.84. The van der Waals surface area contributed by atoms with E-state index in [4.69, 9.17) is 0 Å². The van der Waals surface area contributed by atoms with E-state index in [0.29, 0.717) is 6.04 Å². The highest BCUT2D eigenvalue weighted by molar-refractivity contribution is 14.1. The maximum atomic E-state index is 13.2. The first-order valence-electron chi connectivity index (χ1n) is 6.90. The summed E-state index contributed by atoms with van der Waals surface area (Å²) in [6, 6.07) is 7.56. The Kier molecular flexibility index (Phi) is 6.45. The Morgan fingerprint density at radius 3 is 2.85 bits per heavy atom. The number of halogens is 2. The fraction of sp³-hybridized carbons (Fsp3) is 0.375. The molecule has 1 heterocycles. The molecule has 108 valence electrons. The molecule has 1 nitrogen and oxygen atoms in total. The van der Waals surface area contributed by atoms with Crippen molar-refractivity contribution >= 4 is 33.9 Å². The van der Waals surface area contributed by atoms with Gasteiger partial charge in [-0.1, -0.05) is 13.0 Å². The van der Waals surface area contributed by atoms with E-state index in [1.54, 1.807) is 23.5 Å². The Bertz CT molecular complexity index is 527. The van der Waals surface area contributed by atoms with E-state index in [1.807, 2.05) is 6.07 Å². The molecule has 4 heteroatoms. The molecule has 1 N–H and O–H groups in total. The molecule has 1 aromatic heterocycles. The molecule has 1 aromatic carbocycles. The van der Waals surface area contributed by atoms with Crippen molar-refractivity contribution < 1.29 is 4.39 Å². The molecule has 0 saturated heterocycles. The lowest BCUT2D eigenvalue weighted by Crippen LogP contribution is -2.23. The fourth-order valence-electron chi connectivity index (χ4n) is 2.22. The van der Waals surface area contributed by atoms with Crippen molar-refractivity contribution in [1.82, 2.24) is 5.32 Å². The van der Waals surface area contributed by atoms with Crippen LogP contribution in [0.2, 0.25) is 0 Å². The van der Waals surface area contributed by atoms with Crippen LogP contribution in [-0.2, 0) is 6.42 Å². The second kappa shape index (κ2) is 8.10. The van der Waals surface area contributed by atoms with E-state index >= 15 is 0 Å². The molecule has 2 aromatic rings. The lowest BCUT2D eigenvalue weighted by atomic mass is 10.00. The molecule has 0 radical (unpaired) electrons. The first-order valence-corrected chi connectivity index (χ1v) is 8.92. The summed E-state index contributed by atoms with van der Waals surface area (Å²) >= 11 is 3.97. The van der Waals surface area contributed by atoms with E-state index in [9.17, 15) is 4.39 Å². The van der Waals surface area contributed by atoms with Crippen LogP contribution >= 0.6 is 33.9 Å². The minimum absolute atomic E-state index is 0.162. The van der Waals surface area contributed by atoms with E-state index in [-0.39, 0.29) is 5.82 Å². The third kappa shape index (κ3) is 4.53. The second-order valence-corrected chi connectivity index (χ2v) is 6.79. The van der Waals surface area contributed by atoms with Gasteiger partial charge in [-0.25, -0.2) is 4.39 Å². The van der Waals surface area contributed by atoms with Crippen molar-refractivity contribution in [2.45, 2.75) is 32.2 Å². The van der Waals surface area contributed by atoms with Crippen molar-refractivity contribution in [2.24, 2.45) is 0 Å². The number of aryl methyl sites for hydroxylation is 1. The van der Waals surface area contributed by atoms with Crippen LogP contribution in [0.4, 0.5) is 4.39 Å². The molecule has 0 bridgehead atoms. The third-order valence-electron chi connectivity index (χ3n) is 3.28. The maximum Gasteiger partial charge on any atom is 0.124 e. The first-order chi connectivity index (χ1) is 9.70. The summed E-state index contributed by atoms with van der Waals surface area (Å²) in [5.41, 5.74) is 2.59. The minimum atomic E-state index is -0.162. The largest absolute Gasteiger partial charge is 0.310 e. The van der Waals surface area contributed by atoms with Gasteiger partial charge in [-0.3, -0.25) is 0 Å². The van der Waals surface area contributed by atoms with Crippen LogP contribution in [0, 0.1) is 9.39 Å². The maximum absolute atomic E-state index is 13.2. The predicted molar refractivity (Wildman–Crippen MR) is 92.8 cm³/mol. The molecule has 2 rings (SSSR count). The molecule has 0 aliphatic carbocycles. The molecule has 0 spiro atoms. The average Bonchev–Trinajstić information content (AvgIpc) is 2.93. The zero-order valence-electron chi connectivity index (χ0n) is 11.5. The van der Waals surface area contributed by atoms with Crippen LogP contribution in [0.15, 0.2) is 35.0 Å². The highest BCUT2D eigenvalue weighted by atomic mass is 127. The number of hydrogen-bond donors (Lipinski definition) is 1. The summed E-state index contributed by atoms with van der Waals surface area (Å²) < 4.78 is 14.2. The van der Waals surface area contributed by atoms with Crippen LogP contribution in [0.25, 0.3) is 0 Å². The Balaban J connectivity index is 2.09. The van der Waals surface area contributed by atoms with E-state index in [1.165, 1.54) is 11.1 Å². The molecule has 0 aliphatic heterocycles. The Morgan fingerprint density at radius 1 is 1.35 bits per heavy atom. The SMILES string of the molecule is CCCNC(CCc1ccsc1)c1ccc(F)cc1I. The summed E-state index contributed by atoms with van der Waals surface area (Å²) in [5.74, 6) is -0.162. The van der Waals surface area contributed by atoms with Gasteiger partial charge < -0.3 is 5.32 Å². The van der Waals surface area contributed by atoms with E-state index in [0.717, 1.165) is 29.4 Å². The number of thiophene rings is 1. The summed E-state index contributed by atoms with van der Waals surface area (Å²) in [5, 5.41) is 7.90. The standard InChI is InChI=1S/C16H19FINS/c1-2-8-19-16(6-3-12-7-9-20-11-12)14-5-4-13(17)10-15(14)18/h4-5,7,9-11,16,19H,2-3,6,8H2,1H3. The van der Waals surface area contributed by atoms with Gasteiger partial charge >= 0.3 is 0 Å². The van der Waals surface area contributed by atoms with Gasteiger partial charge in [0, 0.05) is 9.61 Å². The predicted octanol–water partition coefficient (Wildman–Crippen LogP) is 5.17. The lowest BCUT2D eigenvalue weighted by Gasteiger charge is -2.20. The number of rotatable bonds is 7. The lowest BCUT2D eigenvalue weighted by molar-refractivity contribution is 0.496. The quantitative estimate of drug-likeness (QED) is 0.630. The molecule has 0 saturated carbocycles. The van der Waals surface area contributed by atoms with Crippen molar-refractivity contribution in [3.63, 3.8) is 0 Å². The van der Waals surface area contributed by atoms with Crippen LogP contribution in [0.1, 0.15) is 36.9 Å². The highest BCUT2D eigenvalue weighted by Crippen LogP contribution is 2.25. The number of nitrogens with one attached hydrogen (secondary N) is 1. The molecule has 1 atom stereocenters. The van der Waals surface area contributed by atoms with Crippen LogP contribution in [0.5, 0.6) is 0 Å². The topological polar surface area (TPSA) is 12.0 Å². The number of benzene rings is 1. The molecular formula is C16H19FINS. The van der Waals surface area contributed by atoms with Gasteiger partial charge in [0.15, 0.2) is 0 Å². The summed E-state index contributed by atoms with van der Waals surface area (Å²) in [6.45, 7) is 3.15. The molecule has 0 fully saturated rings. The van der Waals surface area contributed by atoms with Gasteiger partial charge in [0.2, 0.25) is 0 Å². The molecule has 0 amide bonds. The highest BCUT2D eigenvalue weighted by Gasteiger charge is 2.14. The van der Waals surface area contributed by atoms with Gasteiger partial charge in [0.1, 0.15) is 5.82 Å². The average molecular weight is 403 g/mol. The van der Waals surface area contributed by atoms with Crippen molar-refractivity contribution in [2.75, 3.05) is 6.54 Å². The van der Waals surface area contributed by atoms with Crippen LogP contribution < -0.4 is 5.32 Å². The normalized spacial score (nSPS) is 12.6. The summed E-state index contributed by atoms with van der Waals surface area (Å²) in [7, 11) is 0. The Labute approximate surface area is 137 Å². The molecule has 1 unspecified atom stereocenters. The Morgan fingerprint density at radius 2 is 2.20 bits per heavy atom. The van der Waals surface area contributed by atoms with E-state index in [2.05, 4.69) is 51.7 Å². The van der Waals surface area contributed by atoms with Crippen LogP contribution in [-0.4, -0.2) is 6.54 Å². The fourth-order valence-corrected chi connectivity index (χ4v) is 3.77. The zero-order chi connectivity index (χ0) is 14.4. The van der Waals surface area contributed by atoms with Gasteiger partial charge in [-0.05, 0) is 88.5 Å². The van der Waals surface area contributed by atoms with Crippen molar-refractivity contribution in [3.05, 3.63) is 55.5 Å². The van der Waals surface area contributed by atoms with Gasteiger partial charge in [0.05, 0.1) is 0 Å².